The largest absolute Gasteiger partial charge is 0.494 e. The maximum atomic E-state index is 14.2. The Kier molecular flexibility index (Phi) is 3.69. The molecule has 0 saturated carbocycles. The molecule has 0 spiro atoms. The smallest absolute Gasteiger partial charge is 0.171 e. The third-order valence-electron chi connectivity index (χ3n) is 3.29. The van der Waals surface area contributed by atoms with Crippen LogP contribution in [0.3, 0.4) is 0 Å². The van der Waals surface area contributed by atoms with Gasteiger partial charge in [-0.15, -0.1) is 0 Å². The Morgan fingerprint density at radius 2 is 2.00 bits per heavy atom. The first-order valence-corrected chi connectivity index (χ1v) is 7.09. The summed E-state index contributed by atoms with van der Waals surface area (Å²) in [4.78, 5) is 0. The molecular weight excluding hydrogens is 339 g/mol. The van der Waals surface area contributed by atoms with Gasteiger partial charge in [-0.3, -0.25) is 0 Å². The van der Waals surface area contributed by atoms with E-state index in [1.54, 1.807) is 12.1 Å². The Morgan fingerprint density at radius 1 is 1.24 bits per heavy atom. The fourth-order valence-corrected chi connectivity index (χ4v) is 2.69. The molecule has 0 aliphatic rings. The molecule has 108 valence electrons. The molecule has 0 aliphatic carbocycles. The second kappa shape index (κ2) is 5.50. The van der Waals surface area contributed by atoms with Crippen LogP contribution in [0.4, 0.5) is 4.39 Å². The van der Waals surface area contributed by atoms with Crippen LogP contribution >= 0.6 is 15.9 Å². The zero-order valence-corrected chi connectivity index (χ0v) is 12.7. The SMILES string of the molecule is COc1cccc(C(O)c2cc3cccc(Br)c3o2)c1F. The second-order valence-electron chi connectivity index (χ2n) is 4.57. The molecule has 1 heterocycles. The summed E-state index contributed by atoms with van der Waals surface area (Å²) in [7, 11) is 1.38. The first-order valence-electron chi connectivity index (χ1n) is 6.30. The average Bonchev–Trinajstić information content (AvgIpc) is 2.92. The summed E-state index contributed by atoms with van der Waals surface area (Å²) in [6.07, 6.45) is -1.20. The monoisotopic (exact) mass is 350 g/mol. The molecule has 0 aliphatic heterocycles. The summed E-state index contributed by atoms with van der Waals surface area (Å²) < 4.78 is 25.6. The molecule has 5 heteroatoms. The summed E-state index contributed by atoms with van der Waals surface area (Å²) in [5.41, 5.74) is 0.736. The fraction of sp³-hybridized carbons (Fsp3) is 0.125. The van der Waals surface area contributed by atoms with Gasteiger partial charge in [0.05, 0.1) is 11.6 Å². The summed E-state index contributed by atoms with van der Waals surface area (Å²) in [6.45, 7) is 0. The lowest BCUT2D eigenvalue weighted by atomic mass is 10.1. The maximum Gasteiger partial charge on any atom is 0.171 e. The lowest BCUT2D eigenvalue weighted by Gasteiger charge is -2.11. The van der Waals surface area contributed by atoms with Crippen molar-refractivity contribution in [1.82, 2.24) is 0 Å². The van der Waals surface area contributed by atoms with E-state index in [1.807, 2.05) is 18.2 Å². The summed E-state index contributed by atoms with van der Waals surface area (Å²) in [5, 5.41) is 11.2. The van der Waals surface area contributed by atoms with Crippen molar-refractivity contribution >= 4 is 26.9 Å². The molecule has 0 saturated heterocycles. The van der Waals surface area contributed by atoms with Crippen LogP contribution in [-0.4, -0.2) is 12.2 Å². The van der Waals surface area contributed by atoms with Crippen molar-refractivity contribution in [3.63, 3.8) is 0 Å². The lowest BCUT2D eigenvalue weighted by Crippen LogP contribution is -2.02. The molecule has 1 aromatic heterocycles. The van der Waals surface area contributed by atoms with Gasteiger partial charge in [-0.2, -0.15) is 0 Å². The number of furan rings is 1. The van der Waals surface area contributed by atoms with E-state index in [9.17, 15) is 9.50 Å². The minimum absolute atomic E-state index is 0.0869. The molecular formula is C16H12BrFO3. The van der Waals surface area contributed by atoms with Gasteiger partial charge in [0.25, 0.3) is 0 Å². The maximum absolute atomic E-state index is 14.2. The number of aliphatic hydroxyl groups excluding tert-OH is 1. The number of rotatable bonds is 3. The Hall–Kier alpha value is -1.85. The van der Waals surface area contributed by atoms with E-state index in [2.05, 4.69) is 15.9 Å². The van der Waals surface area contributed by atoms with Crippen LogP contribution < -0.4 is 4.74 Å². The Labute approximate surface area is 129 Å². The molecule has 3 aromatic rings. The van der Waals surface area contributed by atoms with Gasteiger partial charge in [0, 0.05) is 10.9 Å². The zero-order valence-electron chi connectivity index (χ0n) is 11.1. The van der Waals surface area contributed by atoms with E-state index < -0.39 is 11.9 Å². The number of benzene rings is 2. The number of ether oxygens (including phenoxy) is 1. The van der Waals surface area contributed by atoms with Gasteiger partial charge in [-0.25, -0.2) is 4.39 Å². The molecule has 0 fully saturated rings. The quantitative estimate of drug-likeness (QED) is 0.759. The van der Waals surface area contributed by atoms with Crippen molar-refractivity contribution in [1.29, 1.82) is 0 Å². The highest BCUT2D eigenvalue weighted by molar-refractivity contribution is 9.10. The van der Waals surface area contributed by atoms with Gasteiger partial charge >= 0.3 is 0 Å². The molecule has 1 N–H and O–H groups in total. The molecule has 1 unspecified atom stereocenters. The van der Waals surface area contributed by atoms with E-state index in [-0.39, 0.29) is 17.1 Å². The zero-order chi connectivity index (χ0) is 15.0. The highest BCUT2D eigenvalue weighted by Crippen LogP contribution is 2.34. The van der Waals surface area contributed by atoms with Crippen molar-refractivity contribution < 1.29 is 18.7 Å². The van der Waals surface area contributed by atoms with Crippen LogP contribution in [0.5, 0.6) is 5.75 Å². The minimum Gasteiger partial charge on any atom is -0.494 e. The van der Waals surface area contributed by atoms with E-state index in [0.29, 0.717) is 5.58 Å². The van der Waals surface area contributed by atoms with Crippen LogP contribution in [-0.2, 0) is 0 Å². The average molecular weight is 351 g/mol. The summed E-state index contributed by atoms with van der Waals surface area (Å²) >= 11 is 3.38. The third-order valence-corrected chi connectivity index (χ3v) is 3.92. The Balaban J connectivity index is 2.08. The van der Waals surface area contributed by atoms with Crippen LogP contribution in [0.1, 0.15) is 17.4 Å². The van der Waals surface area contributed by atoms with Crippen molar-refractivity contribution in [3.05, 3.63) is 64.1 Å². The normalized spacial score (nSPS) is 12.6. The van der Waals surface area contributed by atoms with Crippen LogP contribution in [0.15, 0.2) is 51.4 Å². The topological polar surface area (TPSA) is 42.6 Å². The molecule has 21 heavy (non-hydrogen) atoms. The predicted molar refractivity (Wildman–Crippen MR) is 80.9 cm³/mol. The number of methoxy groups -OCH3 is 1. The molecule has 0 amide bonds. The predicted octanol–water partition coefficient (Wildman–Crippen LogP) is 4.42. The molecule has 0 bridgehead atoms. The Morgan fingerprint density at radius 3 is 2.71 bits per heavy atom. The minimum atomic E-state index is -1.20. The molecule has 3 rings (SSSR count). The van der Waals surface area contributed by atoms with Crippen LogP contribution in [0.2, 0.25) is 0 Å². The lowest BCUT2D eigenvalue weighted by molar-refractivity contribution is 0.186. The summed E-state index contributed by atoms with van der Waals surface area (Å²) in [6, 6.07) is 11.9. The van der Waals surface area contributed by atoms with Gasteiger partial charge in [0.2, 0.25) is 0 Å². The van der Waals surface area contributed by atoms with Crippen molar-refractivity contribution in [2.75, 3.05) is 7.11 Å². The molecule has 2 aromatic carbocycles. The van der Waals surface area contributed by atoms with Crippen molar-refractivity contribution in [2.24, 2.45) is 0 Å². The van der Waals surface area contributed by atoms with E-state index in [0.717, 1.165) is 9.86 Å². The highest BCUT2D eigenvalue weighted by atomic mass is 79.9. The van der Waals surface area contributed by atoms with Crippen molar-refractivity contribution in [2.45, 2.75) is 6.10 Å². The summed E-state index contributed by atoms with van der Waals surface area (Å²) in [5.74, 6) is -0.222. The number of hydrogen-bond donors (Lipinski definition) is 1. The van der Waals surface area contributed by atoms with Gasteiger partial charge in [0.1, 0.15) is 17.4 Å². The second-order valence-corrected chi connectivity index (χ2v) is 5.43. The van der Waals surface area contributed by atoms with Crippen LogP contribution in [0, 0.1) is 5.82 Å². The van der Waals surface area contributed by atoms with Gasteiger partial charge < -0.3 is 14.3 Å². The number of aliphatic hydroxyl groups is 1. The van der Waals surface area contributed by atoms with Gasteiger partial charge in [-0.1, -0.05) is 24.3 Å². The van der Waals surface area contributed by atoms with E-state index >= 15 is 0 Å². The molecule has 1 atom stereocenters. The van der Waals surface area contributed by atoms with Crippen molar-refractivity contribution in [3.8, 4) is 5.75 Å². The van der Waals surface area contributed by atoms with Gasteiger partial charge in [0.15, 0.2) is 11.6 Å². The van der Waals surface area contributed by atoms with E-state index in [1.165, 1.54) is 19.2 Å². The number of para-hydroxylation sites is 1. The Bertz CT molecular complexity index is 797. The first-order chi connectivity index (χ1) is 10.1. The third kappa shape index (κ3) is 2.43. The molecule has 0 radical (unpaired) electrons. The first kappa shape index (κ1) is 14.1. The van der Waals surface area contributed by atoms with E-state index in [4.69, 9.17) is 9.15 Å². The van der Waals surface area contributed by atoms with Crippen LogP contribution in [0.25, 0.3) is 11.0 Å². The standard InChI is InChI=1S/C16H12BrFO3/c1-20-12-7-3-5-10(14(12)18)15(19)13-8-9-4-2-6-11(17)16(9)21-13/h2-8,15,19H,1H3. The number of hydrogen-bond acceptors (Lipinski definition) is 3. The highest BCUT2D eigenvalue weighted by Gasteiger charge is 2.21. The molecule has 3 nitrogen and oxygen atoms in total. The number of fused-ring (bicyclic) bond motifs is 1. The number of halogens is 2. The fourth-order valence-electron chi connectivity index (χ4n) is 2.23. The van der Waals surface area contributed by atoms with Gasteiger partial charge in [-0.05, 0) is 34.1 Å².